The molecule has 1 heterocycles. The van der Waals surface area contributed by atoms with Gasteiger partial charge in [0.25, 0.3) is 6.43 Å². The van der Waals surface area contributed by atoms with Gasteiger partial charge in [0.1, 0.15) is 0 Å². The minimum absolute atomic E-state index is 0.0271. The molecule has 0 atom stereocenters. The van der Waals surface area contributed by atoms with E-state index in [2.05, 4.69) is 4.98 Å². The average Bonchev–Trinajstić information content (AvgIpc) is 2.16. The van der Waals surface area contributed by atoms with Gasteiger partial charge in [-0.25, -0.2) is 8.78 Å². The summed E-state index contributed by atoms with van der Waals surface area (Å²) in [5, 5.41) is 8.73. The zero-order valence-corrected chi connectivity index (χ0v) is 7.26. The van der Waals surface area contributed by atoms with Gasteiger partial charge in [-0.05, 0) is 0 Å². The molecule has 78 valence electrons. The lowest BCUT2D eigenvalue weighted by molar-refractivity contribution is 0.141. The smallest absolute Gasteiger partial charge is 0.278 e. The fraction of sp³-hybridized carbons (Fsp3) is 0.375. The van der Waals surface area contributed by atoms with E-state index < -0.39 is 24.2 Å². The summed E-state index contributed by atoms with van der Waals surface area (Å²) in [5.41, 5.74) is 3.94. The maximum Gasteiger partial charge on any atom is 0.278 e. The van der Waals surface area contributed by atoms with Crippen molar-refractivity contribution < 1.29 is 13.9 Å². The highest BCUT2D eigenvalue weighted by Crippen LogP contribution is 2.18. The molecule has 0 saturated carbocycles. The van der Waals surface area contributed by atoms with E-state index in [9.17, 15) is 13.6 Å². The predicted molar refractivity (Wildman–Crippen MR) is 45.8 cm³/mol. The maximum atomic E-state index is 12.4. The molecule has 0 fully saturated rings. The topological polar surface area (TPSA) is 79.1 Å². The van der Waals surface area contributed by atoms with Crippen molar-refractivity contribution in [1.82, 2.24) is 4.98 Å². The lowest BCUT2D eigenvalue weighted by Gasteiger charge is -2.07. The Morgan fingerprint density at radius 1 is 1.57 bits per heavy atom. The van der Waals surface area contributed by atoms with Crippen LogP contribution < -0.4 is 11.2 Å². The molecular formula is C8H10F2N2O2. The first-order valence-electron chi connectivity index (χ1n) is 3.94. The van der Waals surface area contributed by atoms with Gasteiger partial charge >= 0.3 is 0 Å². The van der Waals surface area contributed by atoms with Crippen molar-refractivity contribution in [2.24, 2.45) is 5.73 Å². The van der Waals surface area contributed by atoms with Gasteiger partial charge < -0.3 is 15.8 Å². The van der Waals surface area contributed by atoms with Gasteiger partial charge in [-0.2, -0.15) is 0 Å². The minimum Gasteiger partial charge on any atom is -0.391 e. The molecule has 0 aromatic carbocycles. The zero-order valence-electron chi connectivity index (χ0n) is 7.26. The summed E-state index contributed by atoms with van der Waals surface area (Å²) in [6.45, 7) is -0.736. The predicted octanol–water partition coefficient (Wildman–Crippen LogP) is 0.264. The van der Waals surface area contributed by atoms with E-state index >= 15 is 0 Å². The number of rotatable bonds is 3. The summed E-state index contributed by atoms with van der Waals surface area (Å²) in [4.78, 5) is 13.5. The first-order chi connectivity index (χ1) is 6.60. The van der Waals surface area contributed by atoms with E-state index in [0.717, 1.165) is 6.07 Å². The zero-order chi connectivity index (χ0) is 10.7. The highest BCUT2D eigenvalue weighted by atomic mass is 19.3. The van der Waals surface area contributed by atoms with Crippen molar-refractivity contribution in [3.63, 3.8) is 0 Å². The van der Waals surface area contributed by atoms with Crippen LogP contribution in [-0.4, -0.2) is 10.1 Å². The van der Waals surface area contributed by atoms with Crippen LogP contribution in [0.2, 0.25) is 0 Å². The third kappa shape index (κ3) is 1.97. The van der Waals surface area contributed by atoms with Crippen LogP contribution in [-0.2, 0) is 13.2 Å². The molecule has 1 rings (SSSR count). The lowest BCUT2D eigenvalue weighted by Crippen LogP contribution is -2.17. The maximum absolute atomic E-state index is 12.4. The number of aromatic amines is 1. The Hall–Kier alpha value is -1.27. The highest BCUT2D eigenvalue weighted by molar-refractivity contribution is 5.23. The van der Waals surface area contributed by atoms with Crippen LogP contribution in [0.5, 0.6) is 0 Å². The van der Waals surface area contributed by atoms with Crippen LogP contribution in [0.4, 0.5) is 8.78 Å². The van der Waals surface area contributed by atoms with Gasteiger partial charge in [0.05, 0.1) is 12.3 Å². The van der Waals surface area contributed by atoms with Gasteiger partial charge in [0.2, 0.25) is 0 Å². The monoisotopic (exact) mass is 204 g/mol. The van der Waals surface area contributed by atoms with Gasteiger partial charge in [0, 0.05) is 23.9 Å². The Kier molecular flexibility index (Phi) is 3.32. The summed E-state index contributed by atoms with van der Waals surface area (Å²) >= 11 is 0. The first kappa shape index (κ1) is 10.8. The Bertz CT molecular complexity index is 376. The molecule has 4 N–H and O–H groups in total. The van der Waals surface area contributed by atoms with Gasteiger partial charge in [-0.1, -0.05) is 0 Å². The Labute approximate surface area is 78.4 Å². The van der Waals surface area contributed by atoms with E-state index in [1.807, 2.05) is 0 Å². The van der Waals surface area contributed by atoms with Crippen LogP contribution >= 0.6 is 0 Å². The van der Waals surface area contributed by atoms with E-state index in [4.69, 9.17) is 10.8 Å². The number of alkyl halides is 2. The Balaban J connectivity index is 3.36. The average molecular weight is 204 g/mol. The van der Waals surface area contributed by atoms with Gasteiger partial charge in [0.15, 0.2) is 5.43 Å². The molecular weight excluding hydrogens is 194 g/mol. The second kappa shape index (κ2) is 4.30. The van der Waals surface area contributed by atoms with Crippen molar-refractivity contribution in [3.8, 4) is 0 Å². The van der Waals surface area contributed by atoms with Crippen LogP contribution in [0.15, 0.2) is 10.9 Å². The van der Waals surface area contributed by atoms with E-state index in [-0.39, 0.29) is 17.8 Å². The number of halogens is 2. The molecule has 0 unspecified atom stereocenters. The molecule has 6 heteroatoms. The number of aliphatic hydroxyl groups is 1. The van der Waals surface area contributed by atoms with Gasteiger partial charge in [-0.3, -0.25) is 4.79 Å². The first-order valence-corrected chi connectivity index (χ1v) is 3.94. The summed E-state index contributed by atoms with van der Waals surface area (Å²) in [5.74, 6) is 0. The summed E-state index contributed by atoms with van der Waals surface area (Å²) < 4.78 is 24.8. The number of hydrogen-bond donors (Lipinski definition) is 3. The lowest BCUT2D eigenvalue weighted by atomic mass is 10.1. The molecule has 1 aromatic heterocycles. The quantitative estimate of drug-likeness (QED) is 0.660. The van der Waals surface area contributed by atoms with Crippen LogP contribution in [0.3, 0.4) is 0 Å². The van der Waals surface area contributed by atoms with Crippen LogP contribution in [0.25, 0.3) is 0 Å². The molecule has 0 bridgehead atoms. The summed E-state index contributed by atoms with van der Waals surface area (Å²) in [6, 6.07) is 1.11. The molecule has 0 aliphatic heterocycles. The fourth-order valence-corrected chi connectivity index (χ4v) is 1.12. The largest absolute Gasteiger partial charge is 0.391 e. The number of aliphatic hydroxyl groups excluding tert-OH is 1. The SMILES string of the molecule is NCc1cc(=O)c(CO)c(C(F)F)[nH]1. The molecule has 1 aromatic rings. The number of hydrogen-bond acceptors (Lipinski definition) is 3. The number of nitrogens with two attached hydrogens (primary N) is 1. The van der Waals surface area contributed by atoms with E-state index in [0.29, 0.717) is 0 Å². The third-order valence-corrected chi connectivity index (χ3v) is 1.82. The van der Waals surface area contributed by atoms with Crippen molar-refractivity contribution in [2.45, 2.75) is 19.6 Å². The van der Waals surface area contributed by atoms with Crippen LogP contribution in [0.1, 0.15) is 23.4 Å². The molecule has 14 heavy (non-hydrogen) atoms. The molecule has 0 saturated heterocycles. The van der Waals surface area contributed by atoms with Gasteiger partial charge in [-0.15, -0.1) is 0 Å². The number of pyridine rings is 1. The molecule has 0 spiro atoms. The summed E-state index contributed by atoms with van der Waals surface area (Å²) in [7, 11) is 0. The molecule has 0 amide bonds. The van der Waals surface area contributed by atoms with Crippen LogP contribution in [0, 0.1) is 0 Å². The van der Waals surface area contributed by atoms with E-state index in [1.165, 1.54) is 0 Å². The molecule has 0 radical (unpaired) electrons. The van der Waals surface area contributed by atoms with Crippen molar-refractivity contribution in [1.29, 1.82) is 0 Å². The molecule has 0 aliphatic carbocycles. The second-order valence-corrected chi connectivity index (χ2v) is 2.71. The molecule has 0 aliphatic rings. The highest BCUT2D eigenvalue weighted by Gasteiger charge is 2.16. The van der Waals surface area contributed by atoms with E-state index in [1.54, 1.807) is 0 Å². The normalized spacial score (nSPS) is 10.9. The number of H-pyrrole nitrogens is 1. The minimum atomic E-state index is -2.82. The molecule has 4 nitrogen and oxygen atoms in total. The standard InChI is InChI=1S/C8H10F2N2O2/c9-8(10)7-5(3-13)6(14)1-4(2-11)12-7/h1,8,13H,2-3,11H2,(H,12,14). The summed E-state index contributed by atoms with van der Waals surface area (Å²) in [6.07, 6.45) is -2.82. The number of nitrogens with one attached hydrogen (secondary N) is 1. The van der Waals surface area contributed by atoms with Crippen molar-refractivity contribution in [2.75, 3.05) is 0 Å². The fourth-order valence-electron chi connectivity index (χ4n) is 1.12. The second-order valence-electron chi connectivity index (χ2n) is 2.71. The third-order valence-electron chi connectivity index (χ3n) is 1.82. The Morgan fingerprint density at radius 2 is 2.21 bits per heavy atom. The van der Waals surface area contributed by atoms with Crippen molar-refractivity contribution >= 4 is 0 Å². The Morgan fingerprint density at radius 3 is 2.64 bits per heavy atom. The van der Waals surface area contributed by atoms with Crippen molar-refractivity contribution in [3.05, 3.63) is 33.2 Å². The number of aromatic nitrogens is 1.